The van der Waals surface area contributed by atoms with Crippen molar-refractivity contribution < 1.29 is 9.26 Å². The summed E-state index contributed by atoms with van der Waals surface area (Å²) in [7, 11) is 1.59. The smallest absolute Gasteiger partial charge is 0.266 e. The van der Waals surface area contributed by atoms with E-state index in [2.05, 4.69) is 10.1 Å². The highest BCUT2D eigenvalue weighted by molar-refractivity contribution is 7.98. The molecule has 0 atom stereocenters. The summed E-state index contributed by atoms with van der Waals surface area (Å²) in [5.41, 5.74) is 2.03. The molecule has 0 saturated carbocycles. The first-order valence-electron chi connectivity index (χ1n) is 9.90. The van der Waals surface area contributed by atoms with Gasteiger partial charge in [0.2, 0.25) is 11.7 Å². The highest BCUT2D eigenvalue weighted by atomic mass is 32.2. The van der Waals surface area contributed by atoms with Gasteiger partial charge in [-0.15, -0.1) is 0 Å². The number of methoxy groups -OCH3 is 1. The molecule has 0 radical (unpaired) electrons. The number of hydrogen-bond donors (Lipinski definition) is 0. The number of ether oxygens (including phenoxy) is 1. The fourth-order valence-corrected chi connectivity index (χ4v) is 4.18. The zero-order valence-corrected chi connectivity index (χ0v) is 18.0. The average Bonchev–Trinajstić information content (AvgIpc) is 3.32. The third-order valence-corrected chi connectivity index (χ3v) is 5.80. The molecule has 7 nitrogen and oxygen atoms in total. The Hall–Kier alpha value is -3.91. The maximum Gasteiger partial charge on any atom is 0.266 e. The Balaban J connectivity index is 1.53. The van der Waals surface area contributed by atoms with E-state index < -0.39 is 0 Å². The molecule has 0 spiro atoms. The minimum absolute atomic E-state index is 0.151. The van der Waals surface area contributed by atoms with Crippen molar-refractivity contribution in [3.05, 3.63) is 95.1 Å². The number of fused-ring (bicyclic) bond motifs is 1. The van der Waals surface area contributed by atoms with E-state index in [1.807, 2.05) is 72.8 Å². The second-order valence-electron chi connectivity index (χ2n) is 6.92. The molecule has 2 aromatic heterocycles. The maximum atomic E-state index is 13.4. The van der Waals surface area contributed by atoms with Gasteiger partial charge in [-0.05, 0) is 24.3 Å². The molecule has 0 unspecified atom stereocenters. The van der Waals surface area contributed by atoms with Crippen molar-refractivity contribution in [2.75, 3.05) is 7.11 Å². The first-order valence-corrected chi connectivity index (χ1v) is 10.9. The summed E-state index contributed by atoms with van der Waals surface area (Å²) in [6.45, 7) is 0. The summed E-state index contributed by atoms with van der Waals surface area (Å²) in [4.78, 5) is 22.6. The van der Waals surface area contributed by atoms with Crippen LogP contribution in [-0.2, 0) is 5.75 Å². The van der Waals surface area contributed by atoms with Crippen LogP contribution >= 0.6 is 11.8 Å². The van der Waals surface area contributed by atoms with Crippen LogP contribution in [0.4, 0.5) is 0 Å². The van der Waals surface area contributed by atoms with Gasteiger partial charge in [0.05, 0.1) is 29.5 Å². The molecule has 5 aromatic rings. The summed E-state index contributed by atoms with van der Waals surface area (Å²) < 4.78 is 12.4. The predicted octanol–water partition coefficient (Wildman–Crippen LogP) is 4.74. The minimum Gasteiger partial charge on any atom is -0.497 e. The zero-order chi connectivity index (χ0) is 21.9. The van der Waals surface area contributed by atoms with Gasteiger partial charge in [0.1, 0.15) is 5.75 Å². The molecule has 0 amide bonds. The molecule has 0 fully saturated rings. The Bertz CT molecular complexity index is 1450. The van der Waals surface area contributed by atoms with Crippen LogP contribution in [0.15, 0.2) is 93.3 Å². The lowest BCUT2D eigenvalue weighted by Gasteiger charge is -2.13. The first kappa shape index (κ1) is 20.0. The normalized spacial score (nSPS) is 11.0. The Morgan fingerprint density at radius 3 is 2.62 bits per heavy atom. The van der Waals surface area contributed by atoms with Crippen molar-refractivity contribution in [1.29, 1.82) is 0 Å². The van der Waals surface area contributed by atoms with Crippen LogP contribution in [0.25, 0.3) is 28.0 Å². The lowest BCUT2D eigenvalue weighted by atomic mass is 10.2. The topological polar surface area (TPSA) is 83.0 Å². The highest BCUT2D eigenvalue weighted by Crippen LogP contribution is 2.26. The molecule has 0 aliphatic heterocycles. The van der Waals surface area contributed by atoms with E-state index in [9.17, 15) is 4.79 Å². The van der Waals surface area contributed by atoms with E-state index >= 15 is 0 Å². The highest BCUT2D eigenvalue weighted by Gasteiger charge is 2.16. The first-order chi connectivity index (χ1) is 15.7. The molecule has 2 heterocycles. The van der Waals surface area contributed by atoms with E-state index in [0.29, 0.717) is 45.0 Å². The van der Waals surface area contributed by atoms with Crippen molar-refractivity contribution in [2.24, 2.45) is 0 Å². The second-order valence-corrected chi connectivity index (χ2v) is 7.86. The second kappa shape index (κ2) is 8.68. The number of rotatable bonds is 6. The zero-order valence-electron chi connectivity index (χ0n) is 17.1. The molecular weight excluding hydrogens is 424 g/mol. The van der Waals surface area contributed by atoms with Crippen molar-refractivity contribution in [3.8, 4) is 22.8 Å². The van der Waals surface area contributed by atoms with Crippen molar-refractivity contribution >= 4 is 22.7 Å². The number of nitrogens with zero attached hydrogens (tertiary/aromatic N) is 4. The van der Waals surface area contributed by atoms with Crippen LogP contribution < -0.4 is 10.3 Å². The van der Waals surface area contributed by atoms with Crippen LogP contribution in [0.2, 0.25) is 0 Å². The van der Waals surface area contributed by atoms with Crippen LogP contribution in [0.3, 0.4) is 0 Å². The van der Waals surface area contributed by atoms with Crippen LogP contribution in [0, 0.1) is 0 Å². The van der Waals surface area contributed by atoms with E-state index in [1.165, 1.54) is 11.8 Å². The third kappa shape index (κ3) is 3.88. The largest absolute Gasteiger partial charge is 0.497 e. The predicted molar refractivity (Wildman–Crippen MR) is 123 cm³/mol. The SMILES string of the molecule is COc1cccc(-n2c(SCc3nc(-c4ccccc4)no3)nc3ccccc3c2=O)c1. The number of hydrogen-bond acceptors (Lipinski definition) is 7. The Kier molecular flexibility index (Phi) is 5.43. The van der Waals surface area contributed by atoms with Gasteiger partial charge in [-0.1, -0.05) is 65.4 Å². The molecule has 8 heteroatoms. The van der Waals surface area contributed by atoms with Gasteiger partial charge < -0.3 is 9.26 Å². The molecule has 3 aromatic carbocycles. The van der Waals surface area contributed by atoms with E-state index in [-0.39, 0.29) is 5.56 Å². The molecular formula is C24H18N4O3S. The Morgan fingerprint density at radius 2 is 1.78 bits per heavy atom. The summed E-state index contributed by atoms with van der Waals surface area (Å²) in [6, 6.07) is 24.3. The number of para-hydroxylation sites is 1. The van der Waals surface area contributed by atoms with Crippen molar-refractivity contribution in [2.45, 2.75) is 10.9 Å². The van der Waals surface area contributed by atoms with Crippen LogP contribution in [0.1, 0.15) is 5.89 Å². The van der Waals surface area contributed by atoms with E-state index in [0.717, 1.165) is 5.56 Å². The molecule has 5 rings (SSSR count). The van der Waals surface area contributed by atoms with Gasteiger partial charge >= 0.3 is 0 Å². The van der Waals surface area contributed by atoms with Gasteiger partial charge in [-0.2, -0.15) is 4.98 Å². The third-order valence-electron chi connectivity index (χ3n) is 4.88. The number of aromatic nitrogens is 4. The molecule has 0 saturated heterocycles. The molecule has 32 heavy (non-hydrogen) atoms. The van der Waals surface area contributed by atoms with Gasteiger partial charge in [0.25, 0.3) is 5.56 Å². The average molecular weight is 443 g/mol. The van der Waals surface area contributed by atoms with Crippen LogP contribution in [-0.4, -0.2) is 26.8 Å². The minimum atomic E-state index is -0.151. The summed E-state index contributed by atoms with van der Waals surface area (Å²) >= 11 is 1.36. The summed E-state index contributed by atoms with van der Waals surface area (Å²) in [6.07, 6.45) is 0. The molecule has 0 aliphatic carbocycles. The van der Waals surface area contributed by atoms with E-state index in [4.69, 9.17) is 14.2 Å². The van der Waals surface area contributed by atoms with Gasteiger partial charge in [-0.3, -0.25) is 9.36 Å². The van der Waals surface area contributed by atoms with E-state index in [1.54, 1.807) is 17.7 Å². The van der Waals surface area contributed by atoms with Crippen LogP contribution in [0.5, 0.6) is 5.75 Å². The lowest BCUT2D eigenvalue weighted by molar-refractivity contribution is 0.391. The van der Waals surface area contributed by atoms with Gasteiger partial charge in [0, 0.05) is 11.6 Å². The molecule has 0 N–H and O–H groups in total. The molecule has 0 bridgehead atoms. The van der Waals surface area contributed by atoms with Gasteiger partial charge in [0.15, 0.2) is 5.16 Å². The fraction of sp³-hybridized carbons (Fsp3) is 0.0833. The molecule has 158 valence electrons. The fourth-order valence-electron chi connectivity index (χ4n) is 3.33. The van der Waals surface area contributed by atoms with Gasteiger partial charge in [-0.25, -0.2) is 4.98 Å². The Morgan fingerprint density at radius 1 is 0.969 bits per heavy atom. The summed E-state index contributed by atoms with van der Waals surface area (Å²) in [5.74, 6) is 2.00. The maximum absolute atomic E-state index is 13.4. The van der Waals surface area contributed by atoms with Crippen molar-refractivity contribution in [3.63, 3.8) is 0 Å². The quantitative estimate of drug-likeness (QED) is 0.277. The monoisotopic (exact) mass is 442 g/mol. The summed E-state index contributed by atoms with van der Waals surface area (Å²) in [5, 5.41) is 5.14. The van der Waals surface area contributed by atoms with Crippen molar-refractivity contribution in [1.82, 2.24) is 19.7 Å². The number of thioether (sulfide) groups is 1. The lowest BCUT2D eigenvalue weighted by Crippen LogP contribution is -2.21. The standard InChI is InChI=1S/C24H18N4O3S/c1-30-18-11-7-10-17(14-18)28-23(29)19-12-5-6-13-20(19)25-24(28)32-15-21-26-22(27-31-21)16-8-3-2-4-9-16/h2-14H,15H2,1H3. The molecule has 0 aliphatic rings. The number of benzene rings is 3. The Labute approximate surface area is 187 Å².